The fourth-order valence-electron chi connectivity index (χ4n) is 1.75. The number of nitrogens with zero attached hydrogens (tertiary/aromatic N) is 3. The molecular formula is C14H18N4OS2. The summed E-state index contributed by atoms with van der Waals surface area (Å²) >= 11 is 2.89. The van der Waals surface area contributed by atoms with Crippen molar-refractivity contribution in [2.24, 2.45) is 0 Å². The van der Waals surface area contributed by atoms with Crippen molar-refractivity contribution in [3.63, 3.8) is 0 Å². The third-order valence-corrected chi connectivity index (χ3v) is 4.82. The molecule has 1 aromatic carbocycles. The van der Waals surface area contributed by atoms with Crippen molar-refractivity contribution in [2.75, 3.05) is 24.2 Å². The lowest BCUT2D eigenvalue weighted by Crippen LogP contribution is -2.31. The van der Waals surface area contributed by atoms with Crippen LogP contribution in [0.25, 0.3) is 0 Å². The van der Waals surface area contributed by atoms with E-state index in [9.17, 15) is 4.79 Å². The molecule has 0 fully saturated rings. The number of rotatable bonds is 7. The van der Waals surface area contributed by atoms with E-state index in [0.29, 0.717) is 5.75 Å². The number of carbonyl (C=O) groups excluding carboxylic acids is 1. The molecule has 0 aliphatic carbocycles. The Morgan fingerprint density at radius 2 is 1.95 bits per heavy atom. The normalized spacial score (nSPS) is 10.4. The van der Waals surface area contributed by atoms with Crippen LogP contribution in [-0.4, -0.2) is 39.8 Å². The van der Waals surface area contributed by atoms with Gasteiger partial charge in [-0.05, 0) is 26.0 Å². The smallest absolute Gasteiger partial charge is 0.233 e. The molecule has 0 spiro atoms. The predicted octanol–water partition coefficient (Wildman–Crippen LogP) is 3.24. The lowest BCUT2D eigenvalue weighted by atomic mass is 10.3. The molecule has 112 valence electrons. The summed E-state index contributed by atoms with van der Waals surface area (Å²) in [6.07, 6.45) is 0. The summed E-state index contributed by atoms with van der Waals surface area (Å²) < 4.78 is 0.800. The average Bonchev–Trinajstić information content (AvgIpc) is 2.95. The molecule has 5 nitrogen and oxygen atoms in total. The lowest BCUT2D eigenvalue weighted by molar-refractivity contribution is -0.127. The van der Waals surface area contributed by atoms with E-state index in [4.69, 9.17) is 0 Å². The van der Waals surface area contributed by atoms with Crippen LogP contribution in [0, 0.1) is 0 Å². The Kier molecular flexibility index (Phi) is 6.01. The van der Waals surface area contributed by atoms with E-state index in [-0.39, 0.29) is 5.91 Å². The summed E-state index contributed by atoms with van der Waals surface area (Å²) in [4.78, 5) is 13.7. The highest BCUT2D eigenvalue weighted by Gasteiger charge is 2.12. The van der Waals surface area contributed by atoms with Crippen LogP contribution < -0.4 is 5.32 Å². The second kappa shape index (κ2) is 7.99. The van der Waals surface area contributed by atoms with Crippen molar-refractivity contribution < 1.29 is 4.79 Å². The number of anilines is 2. The van der Waals surface area contributed by atoms with Crippen molar-refractivity contribution >= 4 is 39.8 Å². The minimum atomic E-state index is 0.137. The molecule has 21 heavy (non-hydrogen) atoms. The quantitative estimate of drug-likeness (QED) is 0.793. The van der Waals surface area contributed by atoms with Crippen LogP contribution in [0.2, 0.25) is 0 Å². The van der Waals surface area contributed by atoms with Gasteiger partial charge in [-0.25, -0.2) is 0 Å². The number of hydrogen-bond acceptors (Lipinski definition) is 6. The zero-order chi connectivity index (χ0) is 15.1. The fraction of sp³-hybridized carbons (Fsp3) is 0.357. The number of thioether (sulfide) groups is 1. The van der Waals surface area contributed by atoms with Crippen LogP contribution in [0.15, 0.2) is 34.7 Å². The van der Waals surface area contributed by atoms with Crippen LogP contribution in [0.5, 0.6) is 0 Å². The molecule has 1 aromatic heterocycles. The average molecular weight is 322 g/mol. The van der Waals surface area contributed by atoms with Gasteiger partial charge in [0.05, 0.1) is 5.75 Å². The van der Waals surface area contributed by atoms with Crippen molar-refractivity contribution in [3.8, 4) is 0 Å². The van der Waals surface area contributed by atoms with E-state index in [0.717, 1.165) is 28.2 Å². The molecule has 7 heteroatoms. The summed E-state index contributed by atoms with van der Waals surface area (Å²) in [7, 11) is 0. The van der Waals surface area contributed by atoms with Gasteiger partial charge in [-0.15, -0.1) is 10.2 Å². The molecular weight excluding hydrogens is 304 g/mol. The molecule has 0 saturated heterocycles. The Morgan fingerprint density at radius 1 is 1.24 bits per heavy atom. The van der Waals surface area contributed by atoms with Crippen molar-refractivity contribution in [3.05, 3.63) is 30.3 Å². The molecule has 1 heterocycles. The van der Waals surface area contributed by atoms with Gasteiger partial charge in [0.15, 0.2) is 4.34 Å². The maximum atomic E-state index is 11.9. The van der Waals surface area contributed by atoms with Crippen molar-refractivity contribution in [1.82, 2.24) is 15.1 Å². The first kappa shape index (κ1) is 15.8. The van der Waals surface area contributed by atoms with Gasteiger partial charge < -0.3 is 10.2 Å². The molecule has 0 radical (unpaired) electrons. The standard InChI is InChI=1S/C14H18N4OS2/c1-3-18(4-2)12(19)10-20-14-17-16-13(21-14)15-11-8-6-5-7-9-11/h5-9H,3-4,10H2,1-2H3,(H,15,16). The number of nitrogens with one attached hydrogen (secondary N) is 1. The second-order valence-corrected chi connectivity index (χ2v) is 6.42. The summed E-state index contributed by atoms with van der Waals surface area (Å²) in [6.45, 7) is 5.46. The van der Waals surface area contributed by atoms with Crippen LogP contribution >= 0.6 is 23.1 Å². The SMILES string of the molecule is CCN(CC)C(=O)CSc1nnc(Nc2ccccc2)s1. The molecule has 0 aliphatic rings. The molecule has 2 aromatic rings. The van der Waals surface area contributed by atoms with Gasteiger partial charge in [-0.3, -0.25) is 4.79 Å². The van der Waals surface area contributed by atoms with E-state index >= 15 is 0 Å². The Morgan fingerprint density at radius 3 is 2.62 bits per heavy atom. The second-order valence-electron chi connectivity index (χ2n) is 4.22. The number of benzene rings is 1. The van der Waals surface area contributed by atoms with Gasteiger partial charge in [0.2, 0.25) is 11.0 Å². The molecule has 1 amide bonds. The lowest BCUT2D eigenvalue weighted by Gasteiger charge is -2.17. The molecule has 0 unspecified atom stereocenters. The number of amides is 1. The highest BCUT2D eigenvalue weighted by molar-refractivity contribution is 8.01. The number of carbonyl (C=O) groups is 1. The van der Waals surface area contributed by atoms with Crippen LogP contribution in [0.4, 0.5) is 10.8 Å². The molecule has 0 saturated carbocycles. The minimum absolute atomic E-state index is 0.137. The summed E-state index contributed by atoms with van der Waals surface area (Å²) in [5.74, 6) is 0.541. The molecule has 0 bridgehead atoms. The molecule has 0 atom stereocenters. The minimum Gasteiger partial charge on any atom is -0.343 e. The van der Waals surface area contributed by atoms with E-state index in [2.05, 4.69) is 15.5 Å². The van der Waals surface area contributed by atoms with Gasteiger partial charge in [0, 0.05) is 18.8 Å². The third kappa shape index (κ3) is 4.71. The molecule has 0 aliphatic heterocycles. The maximum absolute atomic E-state index is 11.9. The van der Waals surface area contributed by atoms with E-state index in [1.54, 1.807) is 0 Å². The predicted molar refractivity (Wildman–Crippen MR) is 88.3 cm³/mol. The fourth-order valence-corrected chi connectivity index (χ4v) is 3.43. The first-order valence-corrected chi connectivity index (χ1v) is 8.59. The Bertz CT molecular complexity index is 569. The molecule has 2 rings (SSSR count). The zero-order valence-electron chi connectivity index (χ0n) is 12.1. The van der Waals surface area contributed by atoms with E-state index in [1.807, 2.05) is 49.1 Å². The number of para-hydroxylation sites is 1. The summed E-state index contributed by atoms with van der Waals surface area (Å²) in [5, 5.41) is 12.1. The summed E-state index contributed by atoms with van der Waals surface area (Å²) in [5.41, 5.74) is 0.976. The van der Waals surface area contributed by atoms with Crippen LogP contribution in [-0.2, 0) is 4.79 Å². The monoisotopic (exact) mass is 322 g/mol. The number of hydrogen-bond donors (Lipinski definition) is 1. The number of aromatic nitrogens is 2. The van der Waals surface area contributed by atoms with Gasteiger partial charge in [0.1, 0.15) is 0 Å². The van der Waals surface area contributed by atoms with Gasteiger partial charge in [-0.1, -0.05) is 41.3 Å². The van der Waals surface area contributed by atoms with Crippen LogP contribution in [0.3, 0.4) is 0 Å². The van der Waals surface area contributed by atoms with Gasteiger partial charge >= 0.3 is 0 Å². The highest BCUT2D eigenvalue weighted by atomic mass is 32.2. The van der Waals surface area contributed by atoms with E-state index < -0.39 is 0 Å². The van der Waals surface area contributed by atoms with Crippen LogP contribution in [0.1, 0.15) is 13.8 Å². The summed E-state index contributed by atoms with van der Waals surface area (Å²) in [6, 6.07) is 9.82. The van der Waals surface area contributed by atoms with E-state index in [1.165, 1.54) is 23.1 Å². The van der Waals surface area contributed by atoms with Gasteiger partial charge in [0.25, 0.3) is 0 Å². The molecule has 1 N–H and O–H groups in total. The third-order valence-electron chi connectivity index (χ3n) is 2.87. The van der Waals surface area contributed by atoms with Crippen molar-refractivity contribution in [2.45, 2.75) is 18.2 Å². The Hall–Kier alpha value is -1.60. The Balaban J connectivity index is 1.87. The topological polar surface area (TPSA) is 58.1 Å². The van der Waals surface area contributed by atoms with Gasteiger partial charge in [-0.2, -0.15) is 0 Å². The largest absolute Gasteiger partial charge is 0.343 e. The zero-order valence-corrected chi connectivity index (χ0v) is 13.7. The highest BCUT2D eigenvalue weighted by Crippen LogP contribution is 2.27. The maximum Gasteiger partial charge on any atom is 0.233 e. The first-order valence-electron chi connectivity index (χ1n) is 6.79. The Labute approximate surface area is 132 Å². The van der Waals surface area contributed by atoms with Crippen molar-refractivity contribution in [1.29, 1.82) is 0 Å². The first-order chi connectivity index (χ1) is 10.2.